The van der Waals surface area contributed by atoms with E-state index in [1.165, 1.54) is 0 Å². The number of aliphatic imine (C=N–C) groups is 1. The maximum atomic E-state index is 12.7. The summed E-state index contributed by atoms with van der Waals surface area (Å²) < 4.78 is 26.8. The minimum atomic E-state index is -3.59. The zero-order valence-electron chi connectivity index (χ0n) is 14.6. The van der Waals surface area contributed by atoms with Crippen molar-refractivity contribution < 1.29 is 13.2 Å². The van der Waals surface area contributed by atoms with Crippen molar-refractivity contribution in [2.75, 3.05) is 13.6 Å². The predicted octanol–water partition coefficient (Wildman–Crippen LogP) is 2.01. The Balaban J connectivity index is 2.34. The van der Waals surface area contributed by atoms with Gasteiger partial charge in [0, 0.05) is 19.2 Å². The van der Waals surface area contributed by atoms with Gasteiger partial charge in [0.1, 0.15) is 11.9 Å². The van der Waals surface area contributed by atoms with Crippen LogP contribution in [0.15, 0.2) is 34.2 Å². The predicted molar refractivity (Wildman–Crippen MR) is 94.5 cm³/mol. The van der Waals surface area contributed by atoms with Gasteiger partial charge < -0.3 is 4.90 Å². The first-order valence-electron chi connectivity index (χ1n) is 8.23. The van der Waals surface area contributed by atoms with Gasteiger partial charge >= 0.3 is 0 Å². The highest BCUT2D eigenvalue weighted by molar-refractivity contribution is 7.90. The van der Waals surface area contributed by atoms with E-state index in [1.807, 2.05) is 13.8 Å². The molecule has 1 atom stereocenters. The van der Waals surface area contributed by atoms with Crippen molar-refractivity contribution in [3.63, 3.8) is 0 Å². The second kappa shape index (κ2) is 7.34. The van der Waals surface area contributed by atoms with Crippen molar-refractivity contribution in [2.24, 2.45) is 10.9 Å². The normalized spacial score (nSPS) is 18.3. The highest BCUT2D eigenvalue weighted by Crippen LogP contribution is 2.23. The van der Waals surface area contributed by atoms with E-state index in [9.17, 15) is 13.2 Å². The Bertz CT molecular complexity index is 741. The summed E-state index contributed by atoms with van der Waals surface area (Å²) in [5.74, 6) is 0.127. The lowest BCUT2D eigenvalue weighted by molar-refractivity contribution is -0.132. The first-order valence-corrected chi connectivity index (χ1v) is 9.71. The number of amidine groups is 1. The number of likely N-dealkylation sites (N-methyl/N-ethyl adjacent to an activating group) is 1. The van der Waals surface area contributed by atoms with Gasteiger partial charge in [-0.3, -0.25) is 14.5 Å². The minimum Gasteiger partial charge on any atom is -0.344 e. The molecule has 1 aromatic carbocycles. The molecule has 0 radical (unpaired) electrons. The van der Waals surface area contributed by atoms with Gasteiger partial charge in [-0.25, -0.2) is 8.42 Å². The van der Waals surface area contributed by atoms with Crippen LogP contribution in [0.3, 0.4) is 0 Å². The van der Waals surface area contributed by atoms with Crippen molar-refractivity contribution >= 4 is 21.8 Å². The molecule has 1 aromatic rings. The van der Waals surface area contributed by atoms with Crippen LogP contribution in [-0.4, -0.2) is 44.7 Å². The number of carbonyl (C=O) groups excluding carboxylic acids is 1. The molecule has 0 aliphatic carbocycles. The van der Waals surface area contributed by atoms with Crippen LogP contribution < -0.4 is 4.72 Å². The van der Waals surface area contributed by atoms with Gasteiger partial charge in [0.2, 0.25) is 5.91 Å². The highest BCUT2D eigenvalue weighted by Gasteiger charge is 2.33. The second-order valence-corrected chi connectivity index (χ2v) is 8.03. The molecule has 24 heavy (non-hydrogen) atoms. The zero-order valence-corrected chi connectivity index (χ0v) is 15.4. The molecule has 1 N–H and O–H groups in total. The van der Waals surface area contributed by atoms with E-state index < -0.39 is 16.1 Å². The summed E-state index contributed by atoms with van der Waals surface area (Å²) in [7, 11) is -1.83. The molecular formula is C17H25N3O3S. The second-order valence-electron chi connectivity index (χ2n) is 6.38. The number of amides is 1. The summed E-state index contributed by atoms with van der Waals surface area (Å²) >= 11 is 0. The van der Waals surface area contributed by atoms with Gasteiger partial charge in [-0.15, -0.1) is 0 Å². The standard InChI is InChI=1S/C17H25N3O3S/c1-5-6-11-20(4)17(21)15(12(2)3)18-16-13-9-7-8-10-14(13)24(22,23)19-16/h7-10,12,15H,5-6,11H2,1-4H3,(H,18,19)/t15-/m0/s1. The van der Waals surface area contributed by atoms with Gasteiger partial charge in [0.05, 0.1) is 4.90 Å². The van der Waals surface area contributed by atoms with Crippen molar-refractivity contribution in [1.82, 2.24) is 9.62 Å². The number of hydrogen-bond acceptors (Lipinski definition) is 4. The Hall–Kier alpha value is -1.89. The Morgan fingerprint density at radius 3 is 2.58 bits per heavy atom. The molecule has 6 nitrogen and oxygen atoms in total. The number of sulfonamides is 1. The van der Waals surface area contributed by atoms with Gasteiger partial charge in [0.15, 0.2) is 0 Å². The Morgan fingerprint density at radius 2 is 1.96 bits per heavy atom. The van der Waals surface area contributed by atoms with Crippen LogP contribution in [0.5, 0.6) is 0 Å². The Morgan fingerprint density at radius 1 is 1.29 bits per heavy atom. The van der Waals surface area contributed by atoms with Crippen LogP contribution in [-0.2, 0) is 14.8 Å². The van der Waals surface area contributed by atoms with Gasteiger partial charge in [-0.1, -0.05) is 39.3 Å². The third-order valence-electron chi connectivity index (χ3n) is 4.04. The number of hydrogen-bond donors (Lipinski definition) is 1. The fourth-order valence-electron chi connectivity index (χ4n) is 2.59. The number of nitrogens with one attached hydrogen (secondary N) is 1. The Kier molecular flexibility index (Phi) is 5.64. The molecule has 132 valence electrons. The molecule has 2 rings (SSSR count). The minimum absolute atomic E-state index is 0.0358. The molecular weight excluding hydrogens is 326 g/mol. The van der Waals surface area contributed by atoms with Crippen LogP contribution in [0.25, 0.3) is 0 Å². The third kappa shape index (κ3) is 3.77. The molecule has 0 fully saturated rings. The molecule has 0 spiro atoms. The molecule has 0 bridgehead atoms. The van der Waals surface area contributed by atoms with Crippen LogP contribution in [0.4, 0.5) is 0 Å². The largest absolute Gasteiger partial charge is 0.344 e. The molecule has 0 saturated heterocycles. The quantitative estimate of drug-likeness (QED) is 0.851. The van der Waals surface area contributed by atoms with E-state index in [4.69, 9.17) is 0 Å². The van der Waals surface area contributed by atoms with E-state index in [1.54, 1.807) is 36.2 Å². The molecule has 7 heteroatoms. The summed E-state index contributed by atoms with van der Waals surface area (Å²) in [6.45, 7) is 6.57. The van der Waals surface area contributed by atoms with E-state index >= 15 is 0 Å². The number of benzene rings is 1. The van der Waals surface area contributed by atoms with Crippen molar-refractivity contribution in [1.29, 1.82) is 0 Å². The smallest absolute Gasteiger partial charge is 0.263 e. The molecule has 0 unspecified atom stereocenters. The van der Waals surface area contributed by atoms with E-state index in [0.29, 0.717) is 12.1 Å². The van der Waals surface area contributed by atoms with Crippen LogP contribution in [0.2, 0.25) is 0 Å². The lowest BCUT2D eigenvalue weighted by atomic mass is 10.0. The maximum Gasteiger partial charge on any atom is 0.263 e. The zero-order chi connectivity index (χ0) is 17.9. The molecule has 1 amide bonds. The lowest BCUT2D eigenvalue weighted by Gasteiger charge is -2.24. The summed E-state index contributed by atoms with van der Waals surface area (Å²) in [6.07, 6.45) is 1.94. The summed E-state index contributed by atoms with van der Waals surface area (Å²) in [4.78, 5) is 19.1. The average Bonchev–Trinajstić information content (AvgIpc) is 2.80. The summed E-state index contributed by atoms with van der Waals surface area (Å²) in [5, 5.41) is 0. The summed E-state index contributed by atoms with van der Waals surface area (Å²) in [6, 6.07) is 6.06. The maximum absolute atomic E-state index is 12.7. The van der Waals surface area contributed by atoms with Crippen molar-refractivity contribution in [2.45, 2.75) is 44.6 Å². The molecule has 0 aromatic heterocycles. The van der Waals surface area contributed by atoms with Crippen LogP contribution in [0, 0.1) is 5.92 Å². The topological polar surface area (TPSA) is 78.8 Å². The number of carbonyl (C=O) groups is 1. The Labute approximate surface area is 144 Å². The lowest BCUT2D eigenvalue weighted by Crippen LogP contribution is -2.40. The van der Waals surface area contributed by atoms with E-state index in [-0.39, 0.29) is 22.6 Å². The van der Waals surface area contributed by atoms with Gasteiger partial charge in [-0.05, 0) is 24.5 Å². The number of nitrogens with zero attached hydrogens (tertiary/aromatic N) is 2. The van der Waals surface area contributed by atoms with E-state index in [2.05, 4.69) is 16.6 Å². The first kappa shape index (κ1) is 18.4. The van der Waals surface area contributed by atoms with Crippen LogP contribution >= 0.6 is 0 Å². The first-order chi connectivity index (χ1) is 11.3. The number of rotatable bonds is 6. The van der Waals surface area contributed by atoms with Crippen LogP contribution in [0.1, 0.15) is 39.2 Å². The average molecular weight is 351 g/mol. The molecule has 1 aliphatic rings. The van der Waals surface area contributed by atoms with Crippen molar-refractivity contribution in [3.05, 3.63) is 29.8 Å². The number of unbranched alkanes of at least 4 members (excludes halogenated alkanes) is 1. The highest BCUT2D eigenvalue weighted by atomic mass is 32.2. The molecule has 0 saturated carbocycles. The SMILES string of the molecule is CCCCN(C)C(=O)[C@@H](N=C1NS(=O)(=O)c2ccccc21)C(C)C. The monoisotopic (exact) mass is 351 g/mol. The number of fused-ring (bicyclic) bond motifs is 1. The molecule has 1 aliphatic heterocycles. The fourth-order valence-corrected chi connectivity index (χ4v) is 3.83. The third-order valence-corrected chi connectivity index (χ3v) is 5.44. The van der Waals surface area contributed by atoms with Crippen molar-refractivity contribution in [3.8, 4) is 0 Å². The van der Waals surface area contributed by atoms with Gasteiger partial charge in [-0.2, -0.15) is 0 Å². The van der Waals surface area contributed by atoms with E-state index in [0.717, 1.165) is 12.8 Å². The molecule has 1 heterocycles. The van der Waals surface area contributed by atoms with Gasteiger partial charge in [0.25, 0.3) is 10.0 Å². The fraction of sp³-hybridized carbons (Fsp3) is 0.529. The summed E-state index contributed by atoms with van der Waals surface area (Å²) in [5.41, 5.74) is 0.521.